The van der Waals surface area contributed by atoms with Gasteiger partial charge in [-0.1, -0.05) is 48.5 Å². The van der Waals surface area contributed by atoms with E-state index in [2.05, 4.69) is 0 Å². The minimum absolute atomic E-state index is 0.00104. The zero-order chi connectivity index (χ0) is 20.9. The lowest BCUT2D eigenvalue weighted by atomic mass is 10.1. The topological polar surface area (TPSA) is 80.7 Å². The van der Waals surface area contributed by atoms with E-state index in [4.69, 9.17) is 4.99 Å². The number of hydrogen-bond acceptors (Lipinski definition) is 5. The standard InChI is InChI=1S/C23H19N3O3S/c27-22(18-11-13-20(14-12-18)26(28)29)15-25-21(17-7-3-1-4-8-17)16-30-23(25)24-19-9-5-2-6-10-19/h1-14,16,22,27H,15H2. The molecular formula is C23H19N3O3S. The van der Waals surface area contributed by atoms with Crippen molar-refractivity contribution in [3.8, 4) is 11.3 Å². The van der Waals surface area contributed by atoms with E-state index < -0.39 is 11.0 Å². The number of aliphatic hydroxyl groups is 1. The molecule has 1 heterocycles. The van der Waals surface area contributed by atoms with Crippen molar-refractivity contribution in [2.45, 2.75) is 12.6 Å². The average Bonchev–Trinajstić information content (AvgIpc) is 3.17. The highest BCUT2D eigenvalue weighted by Gasteiger charge is 2.15. The highest BCUT2D eigenvalue weighted by Crippen LogP contribution is 2.24. The Hall–Kier alpha value is -3.55. The lowest BCUT2D eigenvalue weighted by Gasteiger charge is -2.15. The molecule has 6 nitrogen and oxygen atoms in total. The summed E-state index contributed by atoms with van der Waals surface area (Å²) in [5.41, 5.74) is 3.43. The molecule has 0 aliphatic rings. The van der Waals surface area contributed by atoms with Gasteiger partial charge >= 0.3 is 0 Å². The Labute approximate surface area is 177 Å². The summed E-state index contributed by atoms with van der Waals surface area (Å²) >= 11 is 1.51. The van der Waals surface area contributed by atoms with Crippen LogP contribution in [0.3, 0.4) is 0 Å². The molecule has 30 heavy (non-hydrogen) atoms. The van der Waals surface area contributed by atoms with Gasteiger partial charge in [0.05, 0.1) is 29.0 Å². The summed E-state index contributed by atoms with van der Waals surface area (Å²) < 4.78 is 1.99. The third-order valence-electron chi connectivity index (χ3n) is 4.69. The van der Waals surface area contributed by atoms with E-state index in [1.165, 1.54) is 23.5 Å². The molecule has 0 spiro atoms. The number of non-ortho nitro benzene ring substituents is 1. The van der Waals surface area contributed by atoms with E-state index in [9.17, 15) is 15.2 Å². The third-order valence-corrected chi connectivity index (χ3v) is 5.56. The second kappa shape index (κ2) is 8.86. The number of nitro groups is 1. The first-order valence-corrected chi connectivity index (χ1v) is 10.3. The average molecular weight is 417 g/mol. The van der Waals surface area contributed by atoms with Crippen LogP contribution < -0.4 is 4.80 Å². The zero-order valence-electron chi connectivity index (χ0n) is 16.0. The SMILES string of the molecule is O=[N+]([O-])c1ccc(C(O)Cn2c(-c3ccccc3)csc2=Nc2ccccc2)cc1. The van der Waals surface area contributed by atoms with Crippen LogP contribution in [0.25, 0.3) is 11.3 Å². The van der Waals surface area contributed by atoms with Crippen LogP contribution in [0.4, 0.5) is 11.4 Å². The quantitative estimate of drug-likeness (QED) is 0.350. The van der Waals surface area contributed by atoms with Crippen LogP contribution in [0.15, 0.2) is 95.3 Å². The van der Waals surface area contributed by atoms with Crippen molar-refractivity contribution in [1.82, 2.24) is 4.57 Å². The van der Waals surface area contributed by atoms with Gasteiger partial charge in [-0.05, 0) is 35.4 Å². The van der Waals surface area contributed by atoms with E-state index in [0.29, 0.717) is 5.56 Å². The molecule has 3 aromatic carbocycles. The molecule has 1 N–H and O–H groups in total. The number of hydrogen-bond donors (Lipinski definition) is 1. The number of benzene rings is 3. The van der Waals surface area contributed by atoms with Crippen molar-refractivity contribution in [3.05, 3.63) is 111 Å². The van der Waals surface area contributed by atoms with Crippen molar-refractivity contribution in [3.63, 3.8) is 0 Å². The molecule has 0 fully saturated rings. The van der Waals surface area contributed by atoms with Gasteiger partial charge in [0.15, 0.2) is 4.80 Å². The maximum absolute atomic E-state index is 10.9. The van der Waals surface area contributed by atoms with E-state index >= 15 is 0 Å². The van der Waals surface area contributed by atoms with Crippen molar-refractivity contribution < 1.29 is 10.0 Å². The fourth-order valence-corrected chi connectivity index (χ4v) is 4.08. The smallest absolute Gasteiger partial charge is 0.269 e. The minimum Gasteiger partial charge on any atom is -0.387 e. The Bertz CT molecular complexity index is 1200. The van der Waals surface area contributed by atoms with Crippen LogP contribution in [0.5, 0.6) is 0 Å². The summed E-state index contributed by atoms with van der Waals surface area (Å²) in [6, 6.07) is 25.6. The normalized spacial score (nSPS) is 12.6. The predicted octanol–water partition coefficient (Wildman–Crippen LogP) is 5.09. The van der Waals surface area contributed by atoms with Gasteiger partial charge < -0.3 is 9.67 Å². The highest BCUT2D eigenvalue weighted by atomic mass is 32.1. The molecule has 0 bridgehead atoms. The Morgan fingerprint density at radius 3 is 2.23 bits per heavy atom. The van der Waals surface area contributed by atoms with E-state index in [1.54, 1.807) is 12.1 Å². The van der Waals surface area contributed by atoms with E-state index in [-0.39, 0.29) is 12.2 Å². The van der Waals surface area contributed by atoms with Gasteiger partial charge in [-0.2, -0.15) is 0 Å². The number of nitro benzene ring substituents is 1. The summed E-state index contributed by atoms with van der Waals surface area (Å²) in [7, 11) is 0. The van der Waals surface area contributed by atoms with Gasteiger partial charge in [0, 0.05) is 17.5 Å². The Balaban J connectivity index is 1.73. The first-order valence-electron chi connectivity index (χ1n) is 9.38. The zero-order valence-corrected chi connectivity index (χ0v) is 16.8. The largest absolute Gasteiger partial charge is 0.387 e. The summed E-state index contributed by atoms with van der Waals surface area (Å²) in [6.07, 6.45) is -0.836. The summed E-state index contributed by atoms with van der Waals surface area (Å²) in [6.45, 7) is 0.275. The van der Waals surface area contributed by atoms with Crippen LogP contribution in [-0.2, 0) is 6.54 Å². The third kappa shape index (κ3) is 4.37. The molecule has 1 aromatic heterocycles. The first kappa shape index (κ1) is 19.8. The number of thiazole rings is 1. The molecule has 4 rings (SSSR count). The van der Waals surface area contributed by atoms with Crippen LogP contribution in [-0.4, -0.2) is 14.6 Å². The fraction of sp³-hybridized carbons (Fsp3) is 0.0870. The van der Waals surface area contributed by atoms with Crippen molar-refractivity contribution in [2.24, 2.45) is 4.99 Å². The maximum atomic E-state index is 10.9. The van der Waals surface area contributed by atoms with Crippen LogP contribution >= 0.6 is 11.3 Å². The Kier molecular flexibility index (Phi) is 5.83. The van der Waals surface area contributed by atoms with E-state index in [0.717, 1.165) is 21.7 Å². The summed E-state index contributed by atoms with van der Waals surface area (Å²) in [5, 5.41) is 23.8. The molecule has 4 aromatic rings. The summed E-state index contributed by atoms with van der Waals surface area (Å²) in [5.74, 6) is 0. The predicted molar refractivity (Wildman–Crippen MR) is 117 cm³/mol. The van der Waals surface area contributed by atoms with Crippen LogP contribution in [0.1, 0.15) is 11.7 Å². The van der Waals surface area contributed by atoms with Crippen molar-refractivity contribution >= 4 is 22.7 Å². The van der Waals surface area contributed by atoms with Gasteiger partial charge in [-0.25, -0.2) is 4.99 Å². The molecule has 150 valence electrons. The Morgan fingerprint density at radius 1 is 0.967 bits per heavy atom. The lowest BCUT2D eigenvalue weighted by molar-refractivity contribution is -0.384. The first-order chi connectivity index (χ1) is 14.6. The highest BCUT2D eigenvalue weighted by molar-refractivity contribution is 7.07. The molecule has 1 atom stereocenters. The molecule has 0 radical (unpaired) electrons. The molecule has 7 heteroatoms. The second-order valence-electron chi connectivity index (χ2n) is 6.69. The van der Waals surface area contributed by atoms with Crippen LogP contribution in [0.2, 0.25) is 0 Å². The van der Waals surface area contributed by atoms with Crippen molar-refractivity contribution in [2.75, 3.05) is 0 Å². The second-order valence-corrected chi connectivity index (χ2v) is 7.53. The molecule has 1 unspecified atom stereocenters. The number of aliphatic hydroxyl groups excluding tert-OH is 1. The molecule has 0 saturated heterocycles. The molecule has 0 aliphatic carbocycles. The van der Waals surface area contributed by atoms with Gasteiger partial charge in [-0.3, -0.25) is 10.1 Å². The number of rotatable bonds is 6. The fourth-order valence-electron chi connectivity index (χ4n) is 3.14. The molecule has 0 aliphatic heterocycles. The van der Waals surface area contributed by atoms with Gasteiger partial charge in [-0.15, -0.1) is 11.3 Å². The van der Waals surface area contributed by atoms with E-state index in [1.807, 2.05) is 70.6 Å². The van der Waals surface area contributed by atoms with Crippen LogP contribution in [0, 0.1) is 10.1 Å². The Morgan fingerprint density at radius 2 is 1.60 bits per heavy atom. The number of nitrogens with zero attached hydrogens (tertiary/aromatic N) is 3. The lowest BCUT2D eigenvalue weighted by Crippen LogP contribution is -2.20. The molecule has 0 amide bonds. The van der Waals surface area contributed by atoms with Gasteiger partial charge in [0.2, 0.25) is 0 Å². The molecular weight excluding hydrogens is 398 g/mol. The minimum atomic E-state index is -0.836. The monoisotopic (exact) mass is 417 g/mol. The number of aromatic nitrogens is 1. The maximum Gasteiger partial charge on any atom is 0.269 e. The van der Waals surface area contributed by atoms with Gasteiger partial charge in [0.25, 0.3) is 5.69 Å². The molecule has 0 saturated carbocycles. The number of para-hydroxylation sites is 1. The summed E-state index contributed by atoms with van der Waals surface area (Å²) in [4.78, 5) is 16.0. The van der Waals surface area contributed by atoms with Gasteiger partial charge in [0.1, 0.15) is 0 Å². The van der Waals surface area contributed by atoms with Crippen molar-refractivity contribution in [1.29, 1.82) is 0 Å².